The van der Waals surface area contributed by atoms with Crippen molar-refractivity contribution >= 4 is 29.5 Å². The normalized spacial score (nSPS) is 36.3. The molecule has 0 amide bonds. The van der Waals surface area contributed by atoms with E-state index in [4.69, 9.17) is 4.74 Å². The first-order valence-corrected chi connectivity index (χ1v) is 14.7. The van der Waals surface area contributed by atoms with E-state index in [1.165, 1.54) is 27.7 Å². The van der Waals surface area contributed by atoms with E-state index in [0.717, 1.165) is 0 Å². The average Bonchev–Trinajstić information content (AvgIpc) is 3.02. The van der Waals surface area contributed by atoms with Crippen LogP contribution in [-0.2, 0) is 28.7 Å². The zero-order valence-electron chi connectivity index (χ0n) is 26.4. The Morgan fingerprint density at radius 1 is 1.02 bits per heavy atom. The molecule has 3 aliphatic carbocycles. The van der Waals surface area contributed by atoms with Crippen molar-refractivity contribution in [1.82, 2.24) is 0 Å². The number of esters is 1. The lowest BCUT2D eigenvalue weighted by atomic mass is 9.39. The van der Waals surface area contributed by atoms with Crippen LogP contribution in [0.1, 0.15) is 101 Å². The van der Waals surface area contributed by atoms with E-state index in [9.17, 15) is 44.4 Å². The molecule has 3 aliphatic rings. The second-order valence-corrected chi connectivity index (χ2v) is 14.9. The van der Waals surface area contributed by atoms with Crippen LogP contribution < -0.4 is 0 Å². The number of aliphatic hydroxyl groups excluding tert-OH is 1. The molecule has 0 aromatic carbocycles. The molecular formula is C32H48O10. The van der Waals surface area contributed by atoms with Crippen LogP contribution in [0.3, 0.4) is 0 Å². The number of carboxylic acid groups (broad SMARTS) is 2. The maximum absolute atomic E-state index is 14.3. The maximum Gasteiger partial charge on any atom is 0.313 e. The highest BCUT2D eigenvalue weighted by Gasteiger charge is 2.74. The van der Waals surface area contributed by atoms with Gasteiger partial charge in [0.25, 0.3) is 0 Å². The Morgan fingerprint density at radius 2 is 1.60 bits per heavy atom. The first kappa shape index (κ1) is 33.9. The molecule has 8 unspecified atom stereocenters. The van der Waals surface area contributed by atoms with Crippen molar-refractivity contribution in [3.05, 3.63) is 11.6 Å². The van der Waals surface area contributed by atoms with Gasteiger partial charge in [0, 0.05) is 37.0 Å². The molecule has 0 spiro atoms. The van der Waals surface area contributed by atoms with Gasteiger partial charge < -0.3 is 25.2 Å². The number of Topliss-reactive ketones (excluding diaryl/α,β-unsaturated/α-hetero) is 2. The Bertz CT molecular complexity index is 1210. The molecule has 236 valence electrons. The summed E-state index contributed by atoms with van der Waals surface area (Å²) >= 11 is 0. The average molecular weight is 593 g/mol. The number of carboxylic acids is 2. The topological polar surface area (TPSA) is 176 Å². The molecule has 0 saturated heterocycles. The fraction of sp³-hybridized carbons (Fsp3) is 0.781. The van der Waals surface area contributed by atoms with Crippen molar-refractivity contribution in [3.63, 3.8) is 0 Å². The van der Waals surface area contributed by atoms with E-state index in [1.54, 1.807) is 26.8 Å². The Labute approximate surface area is 247 Å². The Balaban J connectivity index is 2.07. The quantitative estimate of drug-likeness (QED) is 0.215. The van der Waals surface area contributed by atoms with Crippen molar-refractivity contribution < 1.29 is 49.1 Å². The van der Waals surface area contributed by atoms with Gasteiger partial charge in [0.2, 0.25) is 0 Å². The van der Waals surface area contributed by atoms with Crippen LogP contribution in [0.25, 0.3) is 0 Å². The molecule has 0 radical (unpaired) electrons. The van der Waals surface area contributed by atoms with Gasteiger partial charge in [-0.15, -0.1) is 0 Å². The van der Waals surface area contributed by atoms with Crippen LogP contribution in [-0.4, -0.2) is 67.2 Å². The van der Waals surface area contributed by atoms with Gasteiger partial charge in [-0.05, 0) is 70.6 Å². The largest absolute Gasteiger partial charge is 0.481 e. The fourth-order valence-corrected chi connectivity index (χ4v) is 9.04. The van der Waals surface area contributed by atoms with E-state index in [2.05, 4.69) is 0 Å². The van der Waals surface area contributed by atoms with Crippen LogP contribution in [0.2, 0.25) is 0 Å². The summed E-state index contributed by atoms with van der Waals surface area (Å²) in [5.74, 6) is -5.89. The smallest absolute Gasteiger partial charge is 0.313 e. The lowest BCUT2D eigenvalue weighted by molar-refractivity contribution is -0.183. The van der Waals surface area contributed by atoms with Crippen LogP contribution in [0.4, 0.5) is 0 Å². The van der Waals surface area contributed by atoms with Crippen molar-refractivity contribution in [1.29, 1.82) is 0 Å². The summed E-state index contributed by atoms with van der Waals surface area (Å²) in [6.07, 6.45) is 0.605. The highest BCUT2D eigenvalue weighted by atomic mass is 16.6. The highest BCUT2D eigenvalue weighted by molar-refractivity contribution is 5.91. The zero-order valence-corrected chi connectivity index (χ0v) is 26.4. The molecule has 0 heterocycles. The van der Waals surface area contributed by atoms with Gasteiger partial charge in [-0.25, -0.2) is 0 Å². The van der Waals surface area contributed by atoms with Crippen LogP contribution >= 0.6 is 0 Å². The Kier molecular flexibility index (Phi) is 8.51. The molecular weight excluding hydrogens is 544 g/mol. The molecule has 2 fully saturated rings. The van der Waals surface area contributed by atoms with Crippen molar-refractivity contribution in [2.45, 2.75) is 118 Å². The third kappa shape index (κ3) is 5.12. The number of carbonyl (C=O) groups is 5. The number of aliphatic carboxylic acids is 2. The number of ketones is 2. The van der Waals surface area contributed by atoms with Gasteiger partial charge in [-0.3, -0.25) is 24.0 Å². The summed E-state index contributed by atoms with van der Waals surface area (Å²) in [7, 11) is 0. The third-order valence-electron chi connectivity index (χ3n) is 11.5. The van der Waals surface area contributed by atoms with Crippen molar-refractivity contribution in [2.75, 3.05) is 0 Å². The number of hydrogen-bond acceptors (Lipinski definition) is 8. The molecule has 10 nitrogen and oxygen atoms in total. The van der Waals surface area contributed by atoms with Gasteiger partial charge in [0.05, 0.1) is 17.9 Å². The number of ether oxygens (including phenoxy) is 1. The minimum absolute atomic E-state index is 0.114. The first-order valence-electron chi connectivity index (χ1n) is 14.7. The van der Waals surface area contributed by atoms with Crippen molar-refractivity contribution in [2.24, 2.45) is 39.4 Å². The van der Waals surface area contributed by atoms with Gasteiger partial charge in [-0.1, -0.05) is 32.4 Å². The second kappa shape index (κ2) is 10.5. The minimum Gasteiger partial charge on any atom is -0.481 e. The van der Waals surface area contributed by atoms with E-state index >= 15 is 0 Å². The number of rotatable bonds is 10. The number of carbonyl (C=O) groups excluding carboxylic acids is 3. The molecule has 10 heteroatoms. The predicted octanol–water partition coefficient (Wildman–Crippen LogP) is 3.95. The Morgan fingerprint density at radius 3 is 2.10 bits per heavy atom. The van der Waals surface area contributed by atoms with Gasteiger partial charge in [-0.2, -0.15) is 0 Å². The molecule has 0 aromatic heterocycles. The van der Waals surface area contributed by atoms with Crippen molar-refractivity contribution in [3.8, 4) is 0 Å². The SMILES string of the molecule is CC(=O)OC(C)(C)CCC(=O)C(C)(O)C1C(O)CC2(C)C3CC=C(C(C)(C)C(=O)O)C(CC(=O)O)C3(C)C(=O)CC12C. The zero-order chi connectivity index (χ0) is 32.4. The maximum atomic E-state index is 14.3. The summed E-state index contributed by atoms with van der Waals surface area (Å²) in [4.78, 5) is 63.6. The number of allylic oxidation sites excluding steroid dienone is 1. The van der Waals surface area contributed by atoms with Crippen LogP contribution in [0, 0.1) is 39.4 Å². The predicted molar refractivity (Wildman–Crippen MR) is 152 cm³/mol. The summed E-state index contributed by atoms with van der Waals surface area (Å²) in [6.45, 7) is 14.5. The summed E-state index contributed by atoms with van der Waals surface area (Å²) in [5.41, 5.74) is -7.00. The number of fused-ring (bicyclic) bond motifs is 3. The standard InChI is InChI=1S/C32H48O10/c1-17(33)42-27(2,3)13-12-22(35)32(9,41)25-20(34)15-29(6)21-11-10-18(28(4,5)26(39)40)19(14-24(37)38)31(21,8)23(36)16-30(25,29)7/h10,19-21,25,34,41H,11-16H2,1-9H3,(H,37,38)(H,39,40). The molecule has 2 saturated carbocycles. The fourth-order valence-electron chi connectivity index (χ4n) is 9.04. The highest BCUT2D eigenvalue weighted by Crippen LogP contribution is 2.73. The lowest BCUT2D eigenvalue weighted by Gasteiger charge is -2.63. The van der Waals surface area contributed by atoms with E-state index in [0.29, 0.717) is 12.0 Å². The van der Waals surface area contributed by atoms with Gasteiger partial charge >= 0.3 is 17.9 Å². The Hall–Kier alpha value is -2.59. The monoisotopic (exact) mass is 592 g/mol. The molecule has 42 heavy (non-hydrogen) atoms. The molecule has 4 N–H and O–H groups in total. The van der Waals surface area contributed by atoms with E-state index in [-0.39, 0.29) is 31.5 Å². The van der Waals surface area contributed by atoms with E-state index < -0.39 is 86.8 Å². The van der Waals surface area contributed by atoms with E-state index in [1.807, 2.05) is 13.8 Å². The molecule has 3 rings (SSSR count). The van der Waals surface area contributed by atoms with Crippen LogP contribution in [0.5, 0.6) is 0 Å². The summed E-state index contributed by atoms with van der Waals surface area (Å²) in [6, 6.07) is 0. The number of aliphatic hydroxyl groups is 2. The molecule has 0 bridgehead atoms. The number of hydrogen-bond donors (Lipinski definition) is 4. The van der Waals surface area contributed by atoms with Gasteiger partial charge in [0.15, 0.2) is 5.78 Å². The summed E-state index contributed by atoms with van der Waals surface area (Å²) < 4.78 is 5.29. The lowest BCUT2D eigenvalue weighted by Crippen LogP contribution is -2.64. The van der Waals surface area contributed by atoms with Crippen LogP contribution in [0.15, 0.2) is 11.6 Å². The first-order chi connectivity index (χ1) is 18.9. The summed E-state index contributed by atoms with van der Waals surface area (Å²) in [5, 5.41) is 43.2. The molecule has 0 aromatic rings. The third-order valence-corrected chi connectivity index (χ3v) is 11.5. The minimum atomic E-state index is -2.01. The van der Waals surface area contributed by atoms with Gasteiger partial charge in [0.1, 0.15) is 17.0 Å². The second-order valence-electron chi connectivity index (χ2n) is 14.9. The molecule has 8 atom stereocenters. The molecule has 0 aliphatic heterocycles.